The molecule has 0 aliphatic heterocycles. The molecule has 7 nitrogen and oxygen atoms in total. The zero-order valence-electron chi connectivity index (χ0n) is 13.6. The van der Waals surface area contributed by atoms with Crippen molar-refractivity contribution in [1.82, 2.24) is 4.98 Å². The molecule has 1 N–H and O–H groups in total. The Kier molecular flexibility index (Phi) is 4.71. The van der Waals surface area contributed by atoms with Crippen LogP contribution in [0.15, 0.2) is 46.0 Å². The van der Waals surface area contributed by atoms with Gasteiger partial charge in [-0.15, -0.1) is 0 Å². The molecular weight excluding hydrogens is 342 g/mol. The number of oxazole rings is 1. The Labute approximate surface area is 147 Å². The molecule has 0 fully saturated rings. The molecule has 0 saturated heterocycles. The fourth-order valence-corrected chi connectivity index (χ4v) is 2.91. The van der Waals surface area contributed by atoms with E-state index in [0.29, 0.717) is 16.3 Å². The van der Waals surface area contributed by atoms with Crippen LogP contribution in [-0.4, -0.2) is 21.6 Å². The number of carbonyl (C=O) groups is 1. The molecule has 0 radical (unpaired) electrons. The number of thioether (sulfide) groups is 1. The first kappa shape index (κ1) is 17.0. The summed E-state index contributed by atoms with van der Waals surface area (Å²) in [7, 11) is 0. The molecule has 0 aliphatic rings. The topological polar surface area (TPSA) is 98.3 Å². The summed E-state index contributed by atoms with van der Waals surface area (Å²) in [6.07, 6.45) is 0. The van der Waals surface area contributed by atoms with Crippen molar-refractivity contribution in [3.8, 4) is 0 Å². The zero-order chi connectivity index (χ0) is 18.0. The summed E-state index contributed by atoms with van der Waals surface area (Å²) in [5.41, 5.74) is 3.69. The summed E-state index contributed by atoms with van der Waals surface area (Å²) in [4.78, 5) is 26.6. The second-order valence-electron chi connectivity index (χ2n) is 5.47. The third-order valence-corrected chi connectivity index (χ3v) is 4.60. The predicted molar refractivity (Wildman–Crippen MR) is 95.9 cm³/mol. The molecule has 0 spiro atoms. The summed E-state index contributed by atoms with van der Waals surface area (Å²) in [5, 5.41) is 13.9. The third kappa shape index (κ3) is 3.80. The highest BCUT2D eigenvalue weighted by Gasteiger charge is 2.13. The zero-order valence-corrected chi connectivity index (χ0v) is 14.4. The van der Waals surface area contributed by atoms with Crippen LogP contribution < -0.4 is 5.32 Å². The molecule has 0 bridgehead atoms. The van der Waals surface area contributed by atoms with Crippen molar-refractivity contribution < 1.29 is 14.1 Å². The minimum atomic E-state index is -0.488. The Morgan fingerprint density at radius 3 is 2.88 bits per heavy atom. The van der Waals surface area contributed by atoms with Crippen LogP contribution in [0.3, 0.4) is 0 Å². The maximum atomic E-state index is 12.1. The average Bonchev–Trinajstić information content (AvgIpc) is 2.99. The lowest BCUT2D eigenvalue weighted by Crippen LogP contribution is -2.15. The van der Waals surface area contributed by atoms with E-state index in [1.807, 2.05) is 32.0 Å². The number of nitrogens with one attached hydrogen (secondary N) is 1. The van der Waals surface area contributed by atoms with Gasteiger partial charge in [-0.1, -0.05) is 23.9 Å². The number of fused-ring (bicyclic) bond motifs is 1. The van der Waals surface area contributed by atoms with Crippen molar-refractivity contribution in [3.63, 3.8) is 0 Å². The molecule has 0 unspecified atom stereocenters. The number of hydrogen-bond acceptors (Lipinski definition) is 6. The number of nitro benzene ring substituents is 1. The van der Waals surface area contributed by atoms with Gasteiger partial charge in [-0.3, -0.25) is 14.9 Å². The lowest BCUT2D eigenvalue weighted by Gasteiger charge is -2.09. The molecule has 8 heteroatoms. The first-order valence-electron chi connectivity index (χ1n) is 7.48. The lowest BCUT2D eigenvalue weighted by molar-refractivity contribution is -0.384. The number of amides is 1. The maximum absolute atomic E-state index is 12.1. The molecule has 0 aliphatic carbocycles. The Balaban J connectivity index is 1.66. The van der Waals surface area contributed by atoms with E-state index in [9.17, 15) is 14.9 Å². The summed E-state index contributed by atoms with van der Waals surface area (Å²) in [5.74, 6) is -0.0469. The Morgan fingerprint density at radius 2 is 2.12 bits per heavy atom. The molecule has 0 atom stereocenters. The largest absolute Gasteiger partial charge is 0.431 e. The average molecular weight is 357 g/mol. The van der Waals surface area contributed by atoms with E-state index in [1.54, 1.807) is 0 Å². The Hall–Kier alpha value is -2.87. The van der Waals surface area contributed by atoms with E-state index in [0.717, 1.165) is 28.6 Å². The number of anilines is 1. The number of nitrogens with zero attached hydrogens (tertiary/aromatic N) is 2. The van der Waals surface area contributed by atoms with Crippen LogP contribution in [-0.2, 0) is 4.79 Å². The van der Waals surface area contributed by atoms with Gasteiger partial charge in [0, 0.05) is 17.8 Å². The van der Waals surface area contributed by atoms with Gasteiger partial charge in [-0.2, -0.15) is 0 Å². The highest BCUT2D eigenvalue weighted by atomic mass is 32.2. The van der Waals surface area contributed by atoms with E-state index < -0.39 is 4.92 Å². The molecule has 1 aromatic heterocycles. The van der Waals surface area contributed by atoms with E-state index in [1.165, 1.54) is 18.2 Å². The number of aryl methyl sites for hydroxylation is 1. The second-order valence-corrected chi connectivity index (χ2v) is 6.40. The van der Waals surface area contributed by atoms with Crippen LogP contribution in [0.1, 0.15) is 11.1 Å². The summed E-state index contributed by atoms with van der Waals surface area (Å²) in [6, 6.07) is 9.93. The van der Waals surface area contributed by atoms with Crippen LogP contribution in [0.4, 0.5) is 11.4 Å². The number of benzene rings is 2. The van der Waals surface area contributed by atoms with Gasteiger partial charge in [-0.05, 0) is 37.1 Å². The van der Waals surface area contributed by atoms with Crippen molar-refractivity contribution in [1.29, 1.82) is 0 Å². The molecule has 1 heterocycles. The maximum Gasteiger partial charge on any atom is 0.271 e. The van der Waals surface area contributed by atoms with Gasteiger partial charge in [0.25, 0.3) is 10.9 Å². The van der Waals surface area contributed by atoms with Crippen molar-refractivity contribution in [2.75, 3.05) is 11.1 Å². The van der Waals surface area contributed by atoms with Crippen LogP contribution in [0.2, 0.25) is 0 Å². The van der Waals surface area contributed by atoms with E-state index in [4.69, 9.17) is 4.42 Å². The van der Waals surface area contributed by atoms with Gasteiger partial charge >= 0.3 is 0 Å². The van der Waals surface area contributed by atoms with Crippen LogP contribution in [0.25, 0.3) is 11.1 Å². The first-order chi connectivity index (χ1) is 11.9. The number of rotatable bonds is 5. The molecule has 128 valence electrons. The van der Waals surface area contributed by atoms with Gasteiger partial charge in [-0.25, -0.2) is 4.98 Å². The molecular formula is C17H15N3O4S. The highest BCUT2D eigenvalue weighted by molar-refractivity contribution is 7.99. The summed E-state index contributed by atoms with van der Waals surface area (Å²) in [6.45, 7) is 3.93. The van der Waals surface area contributed by atoms with E-state index >= 15 is 0 Å². The number of non-ortho nitro benzene ring substituents is 1. The van der Waals surface area contributed by atoms with Gasteiger partial charge in [0.2, 0.25) is 5.91 Å². The third-order valence-electron chi connectivity index (χ3n) is 3.77. The molecule has 3 rings (SSSR count). The molecule has 2 aromatic carbocycles. The summed E-state index contributed by atoms with van der Waals surface area (Å²) >= 11 is 1.14. The van der Waals surface area contributed by atoms with Gasteiger partial charge in [0.1, 0.15) is 5.52 Å². The van der Waals surface area contributed by atoms with Crippen molar-refractivity contribution in [2.24, 2.45) is 0 Å². The Bertz CT molecular complexity index is 968. The van der Waals surface area contributed by atoms with Gasteiger partial charge < -0.3 is 9.73 Å². The number of hydrogen-bond donors (Lipinski definition) is 1. The standard InChI is InChI=1S/C17H15N3O4S/c1-10-4-3-5-13(11(10)2)18-16(21)9-25-17-19-14-8-12(20(22)23)6-7-15(14)24-17/h3-8H,9H2,1-2H3,(H,18,21). The number of nitro groups is 1. The Morgan fingerprint density at radius 1 is 1.32 bits per heavy atom. The van der Waals surface area contributed by atoms with Crippen LogP contribution >= 0.6 is 11.8 Å². The van der Waals surface area contributed by atoms with E-state index in [-0.39, 0.29) is 17.3 Å². The minimum Gasteiger partial charge on any atom is -0.431 e. The smallest absolute Gasteiger partial charge is 0.271 e. The van der Waals surface area contributed by atoms with E-state index in [2.05, 4.69) is 10.3 Å². The van der Waals surface area contributed by atoms with Crippen molar-refractivity contribution in [3.05, 3.63) is 57.6 Å². The number of aromatic nitrogens is 1. The summed E-state index contributed by atoms with van der Waals surface area (Å²) < 4.78 is 5.50. The van der Waals surface area contributed by atoms with Crippen LogP contribution in [0, 0.1) is 24.0 Å². The molecule has 25 heavy (non-hydrogen) atoms. The normalized spacial score (nSPS) is 10.8. The second kappa shape index (κ2) is 6.94. The first-order valence-corrected chi connectivity index (χ1v) is 8.46. The molecule has 1 amide bonds. The van der Waals surface area contributed by atoms with Crippen LogP contribution in [0.5, 0.6) is 0 Å². The lowest BCUT2D eigenvalue weighted by atomic mass is 10.1. The molecule has 3 aromatic rings. The highest BCUT2D eigenvalue weighted by Crippen LogP contribution is 2.26. The SMILES string of the molecule is Cc1cccc(NC(=O)CSc2nc3cc([N+](=O)[O-])ccc3o2)c1C. The van der Waals surface area contributed by atoms with Gasteiger partial charge in [0.15, 0.2) is 5.58 Å². The monoisotopic (exact) mass is 357 g/mol. The molecule has 0 saturated carbocycles. The fraction of sp³-hybridized carbons (Fsp3) is 0.176. The predicted octanol–water partition coefficient (Wildman–Crippen LogP) is 4.08. The fourth-order valence-electron chi connectivity index (χ4n) is 2.27. The minimum absolute atomic E-state index is 0.0509. The van der Waals surface area contributed by atoms with Crippen molar-refractivity contribution in [2.45, 2.75) is 19.1 Å². The van der Waals surface area contributed by atoms with Gasteiger partial charge in [0.05, 0.1) is 10.7 Å². The van der Waals surface area contributed by atoms with Crippen molar-refractivity contribution >= 4 is 40.1 Å². The number of carbonyl (C=O) groups excluding carboxylic acids is 1. The quantitative estimate of drug-likeness (QED) is 0.420.